The Bertz CT molecular complexity index is 221. The Morgan fingerprint density at radius 3 is 3.10 bits per heavy atom. The maximum Gasteiger partial charge on any atom is 0.180 e. The minimum Gasteiger partial charge on any atom is -0.375 e. The van der Waals surface area contributed by atoms with Crippen molar-refractivity contribution in [3.05, 3.63) is 11.1 Å². The van der Waals surface area contributed by atoms with E-state index in [9.17, 15) is 4.79 Å². The van der Waals surface area contributed by atoms with Crippen LogP contribution in [0, 0.1) is 0 Å². The molecule has 0 aliphatic rings. The number of anilines is 1. The Balaban J connectivity index is 2.49. The summed E-state index contributed by atoms with van der Waals surface area (Å²) in [6.07, 6.45) is 2.12. The van der Waals surface area contributed by atoms with E-state index in [-0.39, 0.29) is 0 Å². The number of rotatable bonds is 3. The van der Waals surface area contributed by atoms with E-state index in [1.54, 1.807) is 0 Å². The first-order valence-corrected chi connectivity index (χ1v) is 3.84. The maximum atomic E-state index is 9.93. The van der Waals surface area contributed by atoms with Gasteiger partial charge in [-0.15, -0.1) is 11.3 Å². The van der Waals surface area contributed by atoms with Crippen LogP contribution in [0.1, 0.15) is 12.1 Å². The van der Waals surface area contributed by atoms with Gasteiger partial charge in [-0.25, -0.2) is 4.98 Å². The number of nitrogens with zero attached hydrogens (tertiary/aromatic N) is 1. The van der Waals surface area contributed by atoms with Gasteiger partial charge in [0.05, 0.1) is 5.69 Å². The second-order valence-electron chi connectivity index (χ2n) is 1.88. The largest absolute Gasteiger partial charge is 0.375 e. The highest BCUT2D eigenvalue weighted by Crippen LogP contribution is 2.11. The number of nitrogens with two attached hydrogens (primary N) is 1. The zero-order valence-electron chi connectivity index (χ0n) is 5.41. The molecular weight excluding hydrogens is 148 g/mol. The van der Waals surface area contributed by atoms with E-state index in [2.05, 4.69) is 4.98 Å². The number of hydrogen-bond acceptors (Lipinski definition) is 4. The standard InChI is InChI=1S/C6H8N2OS/c7-6-8-5(4-10-6)2-1-3-9/h3-4H,1-2H2,(H2,7,8). The molecule has 0 radical (unpaired) electrons. The lowest BCUT2D eigenvalue weighted by Crippen LogP contribution is -1.87. The van der Waals surface area contributed by atoms with Crippen LogP contribution in [-0.4, -0.2) is 11.3 Å². The van der Waals surface area contributed by atoms with Crippen LogP contribution in [0.15, 0.2) is 5.38 Å². The number of hydrogen-bond donors (Lipinski definition) is 1. The molecule has 10 heavy (non-hydrogen) atoms. The Hall–Kier alpha value is -0.900. The topological polar surface area (TPSA) is 56.0 Å². The fraction of sp³-hybridized carbons (Fsp3) is 0.333. The van der Waals surface area contributed by atoms with Crippen LogP contribution in [0.3, 0.4) is 0 Å². The van der Waals surface area contributed by atoms with E-state index < -0.39 is 0 Å². The quantitative estimate of drug-likeness (QED) is 0.660. The van der Waals surface area contributed by atoms with Crippen LogP contribution in [0.5, 0.6) is 0 Å². The van der Waals surface area contributed by atoms with Crippen molar-refractivity contribution >= 4 is 22.8 Å². The smallest absolute Gasteiger partial charge is 0.180 e. The molecule has 2 N–H and O–H groups in total. The van der Waals surface area contributed by atoms with Gasteiger partial charge < -0.3 is 10.5 Å². The lowest BCUT2D eigenvalue weighted by atomic mass is 10.3. The SMILES string of the molecule is Nc1nc(CCC=O)cs1. The minimum atomic E-state index is 0.531. The molecule has 0 saturated heterocycles. The Kier molecular flexibility index (Phi) is 2.39. The van der Waals surface area contributed by atoms with Crippen molar-refractivity contribution in [2.45, 2.75) is 12.8 Å². The number of thiazole rings is 1. The highest BCUT2D eigenvalue weighted by molar-refractivity contribution is 7.13. The lowest BCUT2D eigenvalue weighted by molar-refractivity contribution is -0.107. The first-order valence-electron chi connectivity index (χ1n) is 2.96. The van der Waals surface area contributed by atoms with Crippen LogP contribution in [0.2, 0.25) is 0 Å². The van der Waals surface area contributed by atoms with Gasteiger partial charge in [0.15, 0.2) is 5.13 Å². The average molecular weight is 156 g/mol. The zero-order chi connectivity index (χ0) is 7.40. The molecule has 0 atom stereocenters. The van der Waals surface area contributed by atoms with Crippen molar-refractivity contribution in [3.63, 3.8) is 0 Å². The number of aromatic nitrogens is 1. The summed E-state index contributed by atoms with van der Waals surface area (Å²) in [7, 11) is 0. The summed E-state index contributed by atoms with van der Waals surface area (Å²) in [5.74, 6) is 0. The van der Waals surface area contributed by atoms with E-state index in [0.717, 1.165) is 12.0 Å². The average Bonchev–Trinajstić information content (AvgIpc) is 2.31. The first kappa shape index (κ1) is 7.21. The van der Waals surface area contributed by atoms with E-state index in [1.807, 2.05) is 5.38 Å². The molecule has 1 aromatic heterocycles. The van der Waals surface area contributed by atoms with Crippen LogP contribution >= 0.6 is 11.3 Å². The fourth-order valence-corrected chi connectivity index (χ4v) is 1.24. The molecule has 0 aliphatic carbocycles. The van der Waals surface area contributed by atoms with E-state index in [4.69, 9.17) is 5.73 Å². The predicted octanol–water partition coefficient (Wildman–Crippen LogP) is 0.857. The predicted molar refractivity (Wildman–Crippen MR) is 40.9 cm³/mol. The molecule has 0 saturated carbocycles. The van der Waals surface area contributed by atoms with Gasteiger partial charge in [0, 0.05) is 11.8 Å². The highest BCUT2D eigenvalue weighted by Gasteiger charge is 1.96. The molecule has 3 nitrogen and oxygen atoms in total. The zero-order valence-corrected chi connectivity index (χ0v) is 6.23. The van der Waals surface area contributed by atoms with Crippen LogP contribution in [0.4, 0.5) is 5.13 Å². The van der Waals surface area contributed by atoms with Gasteiger partial charge in [0.2, 0.25) is 0 Å². The van der Waals surface area contributed by atoms with E-state index in [1.165, 1.54) is 11.3 Å². The molecule has 1 rings (SSSR count). The van der Waals surface area contributed by atoms with Crippen LogP contribution in [0.25, 0.3) is 0 Å². The molecule has 0 bridgehead atoms. The Morgan fingerprint density at radius 2 is 2.60 bits per heavy atom. The highest BCUT2D eigenvalue weighted by atomic mass is 32.1. The second kappa shape index (κ2) is 3.31. The number of aldehydes is 1. The molecule has 0 fully saturated rings. The maximum absolute atomic E-state index is 9.93. The van der Waals surface area contributed by atoms with Gasteiger partial charge in [-0.05, 0) is 6.42 Å². The third-order valence-electron chi connectivity index (χ3n) is 1.09. The molecule has 0 aromatic carbocycles. The first-order chi connectivity index (χ1) is 4.83. The van der Waals surface area contributed by atoms with Gasteiger partial charge in [0.1, 0.15) is 6.29 Å². The molecule has 4 heteroatoms. The third kappa shape index (κ3) is 1.80. The summed E-state index contributed by atoms with van der Waals surface area (Å²) in [5, 5.41) is 2.44. The second-order valence-corrected chi connectivity index (χ2v) is 2.77. The number of carbonyl (C=O) groups excluding carboxylic acids is 1. The summed E-state index contributed by atoms with van der Waals surface area (Å²) in [4.78, 5) is 13.9. The summed E-state index contributed by atoms with van der Waals surface area (Å²) in [6.45, 7) is 0. The summed E-state index contributed by atoms with van der Waals surface area (Å²) >= 11 is 1.41. The Morgan fingerprint density at radius 1 is 1.80 bits per heavy atom. The monoisotopic (exact) mass is 156 g/mol. The lowest BCUT2D eigenvalue weighted by Gasteiger charge is -1.85. The van der Waals surface area contributed by atoms with E-state index >= 15 is 0 Å². The van der Waals surface area contributed by atoms with Crippen molar-refractivity contribution in [3.8, 4) is 0 Å². The van der Waals surface area contributed by atoms with Gasteiger partial charge in [-0.1, -0.05) is 0 Å². The summed E-state index contributed by atoms with van der Waals surface area (Å²) in [5.41, 5.74) is 6.28. The van der Waals surface area contributed by atoms with Crippen molar-refractivity contribution in [2.24, 2.45) is 0 Å². The molecule has 0 aliphatic heterocycles. The van der Waals surface area contributed by atoms with E-state index in [0.29, 0.717) is 18.0 Å². The van der Waals surface area contributed by atoms with Crippen LogP contribution in [-0.2, 0) is 11.2 Å². The number of carbonyl (C=O) groups is 1. The molecule has 0 amide bonds. The minimum absolute atomic E-state index is 0.531. The molecular formula is C6H8N2OS. The number of aryl methyl sites for hydroxylation is 1. The normalized spacial score (nSPS) is 9.60. The van der Waals surface area contributed by atoms with Crippen molar-refractivity contribution in [2.75, 3.05) is 5.73 Å². The summed E-state index contributed by atoms with van der Waals surface area (Å²) < 4.78 is 0. The van der Waals surface area contributed by atoms with Gasteiger partial charge in [-0.3, -0.25) is 0 Å². The third-order valence-corrected chi connectivity index (χ3v) is 1.81. The summed E-state index contributed by atoms with van der Waals surface area (Å²) in [6, 6.07) is 0. The number of nitrogen functional groups attached to an aromatic ring is 1. The molecule has 1 heterocycles. The van der Waals surface area contributed by atoms with Gasteiger partial charge in [-0.2, -0.15) is 0 Å². The Labute approximate surface area is 62.9 Å². The molecule has 0 spiro atoms. The van der Waals surface area contributed by atoms with Crippen LogP contribution < -0.4 is 5.73 Å². The molecule has 1 aromatic rings. The van der Waals surface area contributed by atoms with Gasteiger partial charge in [0.25, 0.3) is 0 Å². The van der Waals surface area contributed by atoms with Crippen molar-refractivity contribution in [1.82, 2.24) is 4.98 Å². The van der Waals surface area contributed by atoms with Gasteiger partial charge >= 0.3 is 0 Å². The fourth-order valence-electron chi connectivity index (χ4n) is 0.644. The molecule has 54 valence electrons. The molecule has 0 unspecified atom stereocenters. The van der Waals surface area contributed by atoms with Crippen molar-refractivity contribution < 1.29 is 4.79 Å². The van der Waals surface area contributed by atoms with Crippen molar-refractivity contribution in [1.29, 1.82) is 0 Å².